The predicted molar refractivity (Wildman–Crippen MR) is 118 cm³/mol. The van der Waals surface area contributed by atoms with Crippen molar-refractivity contribution in [3.63, 3.8) is 0 Å². The Balaban J connectivity index is 1.47. The van der Waals surface area contributed by atoms with Crippen LogP contribution in [0.1, 0.15) is 22.6 Å². The number of likely N-dealkylation sites (tertiary alicyclic amines) is 1. The van der Waals surface area contributed by atoms with Gasteiger partial charge in [0.2, 0.25) is 10.0 Å². The van der Waals surface area contributed by atoms with Gasteiger partial charge < -0.3 is 0 Å². The standard InChI is InChI=1S/C25H25FN2O2S/c26-22-10-6-11-23(13-22)31(29,30)28-16-20-9-4-5-12-24(20)25-18-27(15-21(25)17-28)14-19-7-2-1-3-8-19/h1-13,21,25H,14-18H2. The molecule has 0 aliphatic carbocycles. The molecule has 0 bridgehead atoms. The molecular weight excluding hydrogens is 411 g/mol. The van der Waals surface area contributed by atoms with Gasteiger partial charge in [0.15, 0.2) is 0 Å². The van der Waals surface area contributed by atoms with E-state index in [1.54, 1.807) is 0 Å². The minimum atomic E-state index is -3.79. The summed E-state index contributed by atoms with van der Waals surface area (Å²) in [5, 5.41) is 0. The molecule has 1 saturated heterocycles. The van der Waals surface area contributed by atoms with Crippen molar-refractivity contribution in [1.82, 2.24) is 9.21 Å². The van der Waals surface area contributed by atoms with Crippen LogP contribution in [0, 0.1) is 11.7 Å². The summed E-state index contributed by atoms with van der Waals surface area (Å²) in [6, 6.07) is 23.8. The molecule has 160 valence electrons. The summed E-state index contributed by atoms with van der Waals surface area (Å²) in [5.41, 5.74) is 3.54. The lowest BCUT2D eigenvalue weighted by Crippen LogP contribution is -2.35. The molecule has 0 spiro atoms. The van der Waals surface area contributed by atoms with Crippen LogP contribution in [0.15, 0.2) is 83.8 Å². The van der Waals surface area contributed by atoms with Gasteiger partial charge >= 0.3 is 0 Å². The third-order valence-electron chi connectivity index (χ3n) is 6.44. The van der Waals surface area contributed by atoms with Crippen molar-refractivity contribution in [2.24, 2.45) is 5.92 Å². The fourth-order valence-corrected chi connectivity index (χ4v) is 6.49. The molecule has 6 heteroatoms. The molecule has 2 unspecified atom stereocenters. The molecule has 3 aromatic rings. The van der Waals surface area contributed by atoms with E-state index in [2.05, 4.69) is 23.1 Å². The smallest absolute Gasteiger partial charge is 0.243 e. The molecule has 4 nitrogen and oxygen atoms in total. The normalized spacial score (nSPS) is 22.0. The summed E-state index contributed by atoms with van der Waals surface area (Å²) >= 11 is 0. The van der Waals surface area contributed by atoms with Crippen molar-refractivity contribution < 1.29 is 12.8 Å². The van der Waals surface area contributed by atoms with Crippen LogP contribution in [0.5, 0.6) is 0 Å². The molecule has 2 atom stereocenters. The number of hydrogen-bond acceptors (Lipinski definition) is 3. The van der Waals surface area contributed by atoms with Gasteiger partial charge in [-0.2, -0.15) is 4.31 Å². The highest BCUT2D eigenvalue weighted by atomic mass is 32.2. The summed E-state index contributed by atoms with van der Waals surface area (Å²) in [5.74, 6) is -0.0626. The van der Waals surface area contributed by atoms with Crippen LogP contribution in [-0.2, 0) is 23.1 Å². The summed E-state index contributed by atoms with van der Waals surface area (Å²) < 4.78 is 42.1. The first kappa shape index (κ1) is 20.4. The van der Waals surface area contributed by atoms with E-state index in [4.69, 9.17) is 0 Å². The fourth-order valence-electron chi connectivity index (χ4n) is 4.98. The first-order chi connectivity index (χ1) is 15.0. The van der Waals surface area contributed by atoms with Crippen molar-refractivity contribution in [3.05, 3.63) is 101 Å². The molecule has 1 fully saturated rings. The van der Waals surface area contributed by atoms with Gasteiger partial charge in [-0.1, -0.05) is 60.7 Å². The third kappa shape index (κ3) is 4.03. The first-order valence-electron chi connectivity index (χ1n) is 10.6. The van der Waals surface area contributed by atoms with Gasteiger partial charge in [0.1, 0.15) is 5.82 Å². The van der Waals surface area contributed by atoms with Crippen molar-refractivity contribution in [3.8, 4) is 0 Å². The average Bonchev–Trinajstić information content (AvgIpc) is 3.09. The lowest BCUT2D eigenvalue weighted by molar-refractivity contribution is 0.293. The molecule has 0 N–H and O–H groups in total. The fraction of sp³-hybridized carbons (Fsp3) is 0.280. The maximum Gasteiger partial charge on any atom is 0.243 e. The number of fused-ring (bicyclic) bond motifs is 3. The van der Waals surface area contributed by atoms with Crippen LogP contribution >= 0.6 is 0 Å². The van der Waals surface area contributed by atoms with Crippen molar-refractivity contribution in [2.45, 2.75) is 23.9 Å². The van der Waals surface area contributed by atoms with Crippen molar-refractivity contribution >= 4 is 10.0 Å². The van der Waals surface area contributed by atoms with Gasteiger partial charge in [0.25, 0.3) is 0 Å². The molecule has 0 saturated carbocycles. The van der Waals surface area contributed by atoms with E-state index in [9.17, 15) is 12.8 Å². The van der Waals surface area contributed by atoms with E-state index in [0.29, 0.717) is 13.1 Å². The minimum absolute atomic E-state index is 0.0163. The average molecular weight is 437 g/mol. The highest BCUT2D eigenvalue weighted by Crippen LogP contribution is 2.40. The Morgan fingerprint density at radius 2 is 1.65 bits per heavy atom. The maximum absolute atomic E-state index is 13.8. The van der Waals surface area contributed by atoms with E-state index in [1.165, 1.54) is 33.6 Å². The van der Waals surface area contributed by atoms with Crippen molar-refractivity contribution in [2.75, 3.05) is 19.6 Å². The largest absolute Gasteiger partial charge is 0.298 e. The molecule has 0 aromatic heterocycles. The van der Waals surface area contributed by atoms with E-state index < -0.39 is 15.8 Å². The Bertz CT molecular complexity index is 1180. The van der Waals surface area contributed by atoms with Crippen molar-refractivity contribution in [1.29, 1.82) is 0 Å². The number of rotatable bonds is 4. The summed E-state index contributed by atoms with van der Waals surface area (Å²) in [6.07, 6.45) is 0. The number of benzene rings is 3. The highest BCUT2D eigenvalue weighted by Gasteiger charge is 2.41. The van der Waals surface area contributed by atoms with Crippen LogP contribution in [0.2, 0.25) is 0 Å². The number of sulfonamides is 1. The Morgan fingerprint density at radius 1 is 0.871 bits per heavy atom. The second-order valence-electron chi connectivity index (χ2n) is 8.50. The second-order valence-corrected chi connectivity index (χ2v) is 10.4. The molecule has 31 heavy (non-hydrogen) atoms. The van der Waals surface area contributed by atoms with Crippen LogP contribution in [0.3, 0.4) is 0 Å². The molecule has 2 aliphatic rings. The van der Waals surface area contributed by atoms with Gasteiger partial charge in [-0.05, 0) is 40.8 Å². The number of halogens is 1. The quantitative estimate of drug-likeness (QED) is 0.614. The summed E-state index contributed by atoms with van der Waals surface area (Å²) in [4.78, 5) is 2.43. The first-order valence-corrected chi connectivity index (χ1v) is 12.0. The Morgan fingerprint density at radius 3 is 2.45 bits per heavy atom. The Hall–Kier alpha value is -2.54. The lowest BCUT2D eigenvalue weighted by atomic mass is 9.87. The van der Waals surface area contributed by atoms with E-state index >= 15 is 0 Å². The summed E-state index contributed by atoms with van der Waals surface area (Å²) in [7, 11) is -3.79. The highest BCUT2D eigenvalue weighted by molar-refractivity contribution is 7.89. The van der Waals surface area contributed by atoms with Crippen LogP contribution in [-0.4, -0.2) is 37.3 Å². The predicted octanol–water partition coefficient (Wildman–Crippen LogP) is 4.25. The Kier molecular flexibility index (Phi) is 5.38. The maximum atomic E-state index is 13.8. The molecular formula is C25H25FN2O2S. The molecule has 2 heterocycles. The van der Waals surface area contributed by atoms with E-state index in [-0.39, 0.29) is 16.7 Å². The second kappa shape index (κ2) is 8.19. The topological polar surface area (TPSA) is 40.6 Å². The van der Waals surface area contributed by atoms with E-state index in [1.807, 2.05) is 36.4 Å². The Labute approximate surface area is 183 Å². The zero-order valence-corrected chi connectivity index (χ0v) is 18.0. The van der Waals surface area contributed by atoms with Gasteiger partial charge in [-0.25, -0.2) is 12.8 Å². The number of nitrogens with zero attached hydrogens (tertiary/aromatic N) is 2. The molecule has 5 rings (SSSR count). The molecule has 0 radical (unpaired) electrons. The van der Waals surface area contributed by atoms with Gasteiger partial charge in [0.05, 0.1) is 4.90 Å². The molecule has 0 amide bonds. The van der Waals surface area contributed by atoms with Crippen LogP contribution in [0.4, 0.5) is 4.39 Å². The molecule has 3 aromatic carbocycles. The van der Waals surface area contributed by atoms with Gasteiger partial charge in [0, 0.05) is 38.6 Å². The van der Waals surface area contributed by atoms with E-state index in [0.717, 1.165) is 31.3 Å². The van der Waals surface area contributed by atoms with Gasteiger partial charge in [-0.15, -0.1) is 0 Å². The SMILES string of the molecule is O=S(=O)(c1cccc(F)c1)N1Cc2ccccc2C2CN(Cc3ccccc3)CC2C1. The van der Waals surface area contributed by atoms with Crippen LogP contribution in [0.25, 0.3) is 0 Å². The molecule has 2 aliphatic heterocycles. The summed E-state index contributed by atoms with van der Waals surface area (Å²) in [6.45, 7) is 3.35. The zero-order valence-electron chi connectivity index (χ0n) is 17.2. The van der Waals surface area contributed by atoms with Crippen LogP contribution < -0.4 is 0 Å². The zero-order chi connectivity index (χ0) is 21.4. The minimum Gasteiger partial charge on any atom is -0.298 e. The van der Waals surface area contributed by atoms with Gasteiger partial charge in [-0.3, -0.25) is 4.90 Å². The third-order valence-corrected chi connectivity index (χ3v) is 8.25. The number of hydrogen-bond donors (Lipinski definition) is 0. The monoisotopic (exact) mass is 436 g/mol. The lowest BCUT2D eigenvalue weighted by Gasteiger charge is -2.24.